The number of anilines is 2. The molecule has 96 valence electrons. The number of hydrogen-bond acceptors (Lipinski definition) is 3. The Morgan fingerprint density at radius 2 is 1.95 bits per heavy atom. The zero-order valence-corrected chi connectivity index (χ0v) is 10.9. The fourth-order valence-electron chi connectivity index (χ4n) is 2.07. The van der Waals surface area contributed by atoms with Crippen LogP contribution in [-0.2, 0) is 0 Å². The minimum Gasteiger partial charge on any atom is -0.399 e. The number of nitrogens with zero attached hydrogens (tertiary/aromatic N) is 1. The first-order valence-electron chi connectivity index (χ1n) is 6.35. The monoisotopic (exact) mass is 251 g/mol. The molecule has 2 aromatic carbocycles. The van der Waals surface area contributed by atoms with Gasteiger partial charge < -0.3 is 11.1 Å². The standard InChI is InChI=1S/C16H17N3/c1-2-15(12-6-4-3-5-7-12)19-16-9-8-14(18)10-13(16)11-17/h3-10,15,19H,2,18H2,1H3. The van der Waals surface area contributed by atoms with E-state index in [4.69, 9.17) is 11.0 Å². The molecule has 3 nitrogen and oxygen atoms in total. The quantitative estimate of drug-likeness (QED) is 0.814. The van der Waals surface area contributed by atoms with E-state index >= 15 is 0 Å². The van der Waals surface area contributed by atoms with Crippen LogP contribution >= 0.6 is 0 Å². The van der Waals surface area contributed by atoms with Crippen LogP contribution in [0.15, 0.2) is 48.5 Å². The molecule has 0 saturated carbocycles. The molecule has 0 amide bonds. The average Bonchev–Trinajstić information content (AvgIpc) is 2.46. The lowest BCUT2D eigenvalue weighted by atomic mass is 10.0. The number of benzene rings is 2. The van der Waals surface area contributed by atoms with Gasteiger partial charge in [-0.3, -0.25) is 0 Å². The van der Waals surface area contributed by atoms with Crippen molar-refractivity contribution in [2.24, 2.45) is 0 Å². The van der Waals surface area contributed by atoms with Crippen molar-refractivity contribution in [3.63, 3.8) is 0 Å². The Bertz CT molecular complexity index is 585. The number of nitriles is 1. The van der Waals surface area contributed by atoms with Gasteiger partial charge in [-0.1, -0.05) is 37.3 Å². The molecule has 0 heterocycles. The van der Waals surface area contributed by atoms with E-state index in [1.54, 1.807) is 12.1 Å². The Morgan fingerprint density at radius 1 is 1.21 bits per heavy atom. The summed E-state index contributed by atoms with van der Waals surface area (Å²) in [6, 6.07) is 17.9. The van der Waals surface area contributed by atoms with Crippen molar-refractivity contribution in [3.8, 4) is 6.07 Å². The van der Waals surface area contributed by atoms with E-state index in [9.17, 15) is 0 Å². The van der Waals surface area contributed by atoms with Crippen molar-refractivity contribution in [3.05, 3.63) is 59.7 Å². The fraction of sp³-hybridized carbons (Fsp3) is 0.188. The van der Waals surface area contributed by atoms with E-state index in [1.165, 1.54) is 5.56 Å². The minimum atomic E-state index is 0.192. The maximum atomic E-state index is 9.15. The summed E-state index contributed by atoms with van der Waals surface area (Å²) in [5.41, 5.74) is 8.92. The van der Waals surface area contributed by atoms with Crippen LogP contribution in [0.3, 0.4) is 0 Å². The summed E-state index contributed by atoms with van der Waals surface area (Å²) in [5, 5.41) is 12.6. The molecule has 0 spiro atoms. The summed E-state index contributed by atoms with van der Waals surface area (Å²) < 4.78 is 0. The zero-order chi connectivity index (χ0) is 13.7. The summed E-state index contributed by atoms with van der Waals surface area (Å²) in [6.07, 6.45) is 0.944. The molecule has 2 rings (SSSR count). The van der Waals surface area contributed by atoms with Crippen LogP contribution in [0.5, 0.6) is 0 Å². The van der Waals surface area contributed by atoms with E-state index in [-0.39, 0.29) is 6.04 Å². The first kappa shape index (κ1) is 13.0. The largest absolute Gasteiger partial charge is 0.399 e. The van der Waals surface area contributed by atoms with Crippen LogP contribution < -0.4 is 11.1 Å². The number of rotatable bonds is 4. The molecular formula is C16H17N3. The summed E-state index contributed by atoms with van der Waals surface area (Å²) in [5.74, 6) is 0. The molecule has 0 radical (unpaired) electrons. The molecule has 2 aromatic rings. The van der Waals surface area contributed by atoms with Gasteiger partial charge in [0.15, 0.2) is 0 Å². The third-order valence-corrected chi connectivity index (χ3v) is 3.10. The van der Waals surface area contributed by atoms with Gasteiger partial charge >= 0.3 is 0 Å². The molecule has 19 heavy (non-hydrogen) atoms. The fourth-order valence-corrected chi connectivity index (χ4v) is 2.07. The third-order valence-electron chi connectivity index (χ3n) is 3.10. The van der Waals surface area contributed by atoms with Crippen molar-refractivity contribution in [1.29, 1.82) is 5.26 Å². The van der Waals surface area contributed by atoms with Gasteiger partial charge in [0.1, 0.15) is 6.07 Å². The van der Waals surface area contributed by atoms with E-state index in [0.29, 0.717) is 11.3 Å². The van der Waals surface area contributed by atoms with Gasteiger partial charge in [-0.2, -0.15) is 5.26 Å². The van der Waals surface area contributed by atoms with Crippen molar-refractivity contribution in [2.45, 2.75) is 19.4 Å². The van der Waals surface area contributed by atoms with Gasteiger partial charge in [-0.25, -0.2) is 0 Å². The van der Waals surface area contributed by atoms with Crippen LogP contribution in [0, 0.1) is 11.3 Å². The van der Waals surface area contributed by atoms with Crippen LogP contribution in [0.1, 0.15) is 30.5 Å². The second kappa shape index (κ2) is 5.92. The predicted molar refractivity (Wildman–Crippen MR) is 78.7 cm³/mol. The SMILES string of the molecule is CCC(Nc1ccc(N)cc1C#N)c1ccccc1. The summed E-state index contributed by atoms with van der Waals surface area (Å²) >= 11 is 0. The first-order valence-corrected chi connectivity index (χ1v) is 6.35. The van der Waals surface area contributed by atoms with Crippen molar-refractivity contribution < 1.29 is 0 Å². The Kier molecular flexibility index (Phi) is 4.04. The Balaban J connectivity index is 2.27. The van der Waals surface area contributed by atoms with E-state index < -0.39 is 0 Å². The third kappa shape index (κ3) is 3.05. The number of nitrogen functional groups attached to an aromatic ring is 1. The molecule has 1 atom stereocenters. The molecule has 3 heteroatoms. The van der Waals surface area contributed by atoms with E-state index in [1.807, 2.05) is 24.3 Å². The molecule has 0 aliphatic rings. The van der Waals surface area contributed by atoms with Gasteiger partial charge in [0.25, 0.3) is 0 Å². The van der Waals surface area contributed by atoms with Crippen molar-refractivity contribution in [2.75, 3.05) is 11.1 Å². The molecule has 3 N–H and O–H groups in total. The predicted octanol–water partition coefficient (Wildman–Crippen LogP) is 3.70. The number of hydrogen-bond donors (Lipinski definition) is 2. The number of nitrogens with one attached hydrogen (secondary N) is 1. The van der Waals surface area contributed by atoms with E-state index in [2.05, 4.69) is 30.4 Å². The first-order chi connectivity index (χ1) is 9.24. The highest BCUT2D eigenvalue weighted by atomic mass is 14.9. The highest BCUT2D eigenvalue weighted by Crippen LogP contribution is 2.25. The van der Waals surface area contributed by atoms with Gasteiger partial charge in [0, 0.05) is 5.69 Å². The molecule has 0 saturated heterocycles. The lowest BCUT2D eigenvalue weighted by molar-refractivity contribution is 0.749. The topological polar surface area (TPSA) is 61.8 Å². The normalized spacial score (nSPS) is 11.6. The molecule has 0 aliphatic carbocycles. The Morgan fingerprint density at radius 3 is 2.58 bits per heavy atom. The lowest BCUT2D eigenvalue weighted by Gasteiger charge is -2.19. The smallest absolute Gasteiger partial charge is 0.101 e. The summed E-state index contributed by atoms with van der Waals surface area (Å²) in [4.78, 5) is 0. The summed E-state index contributed by atoms with van der Waals surface area (Å²) in [7, 11) is 0. The van der Waals surface area contributed by atoms with Crippen LogP contribution in [-0.4, -0.2) is 0 Å². The molecule has 0 bridgehead atoms. The molecule has 0 aromatic heterocycles. The van der Waals surface area contributed by atoms with Gasteiger partial charge in [-0.05, 0) is 30.2 Å². The van der Waals surface area contributed by atoms with Gasteiger partial charge in [0.05, 0.1) is 17.3 Å². The molecule has 1 unspecified atom stereocenters. The second-order valence-electron chi connectivity index (χ2n) is 4.43. The Labute approximate surface area is 113 Å². The highest BCUT2D eigenvalue weighted by Gasteiger charge is 2.11. The van der Waals surface area contributed by atoms with Gasteiger partial charge in [0.2, 0.25) is 0 Å². The maximum Gasteiger partial charge on any atom is 0.101 e. The van der Waals surface area contributed by atoms with Gasteiger partial charge in [-0.15, -0.1) is 0 Å². The number of nitrogens with two attached hydrogens (primary N) is 1. The average molecular weight is 251 g/mol. The molecule has 0 fully saturated rings. The van der Waals surface area contributed by atoms with Crippen LogP contribution in [0.4, 0.5) is 11.4 Å². The van der Waals surface area contributed by atoms with E-state index in [0.717, 1.165) is 12.1 Å². The molecule has 0 aliphatic heterocycles. The summed E-state index contributed by atoms with van der Waals surface area (Å²) in [6.45, 7) is 2.12. The Hall–Kier alpha value is -2.47. The van der Waals surface area contributed by atoms with Crippen molar-refractivity contribution in [1.82, 2.24) is 0 Å². The maximum absolute atomic E-state index is 9.15. The van der Waals surface area contributed by atoms with Crippen LogP contribution in [0.2, 0.25) is 0 Å². The highest BCUT2D eigenvalue weighted by molar-refractivity contribution is 5.63. The minimum absolute atomic E-state index is 0.192. The molecular weight excluding hydrogens is 234 g/mol. The van der Waals surface area contributed by atoms with Crippen molar-refractivity contribution >= 4 is 11.4 Å². The lowest BCUT2D eigenvalue weighted by Crippen LogP contribution is -2.10. The zero-order valence-electron chi connectivity index (χ0n) is 10.9. The van der Waals surface area contributed by atoms with Crippen LogP contribution in [0.25, 0.3) is 0 Å². The second-order valence-corrected chi connectivity index (χ2v) is 4.43.